The highest BCUT2D eigenvalue weighted by Crippen LogP contribution is 2.59. The van der Waals surface area contributed by atoms with Gasteiger partial charge in [0.25, 0.3) is 0 Å². The molecule has 0 aliphatic heterocycles. The van der Waals surface area contributed by atoms with E-state index in [-0.39, 0.29) is 0 Å². The molecule has 6 aliphatic carbocycles. The Labute approximate surface area is 363 Å². The van der Waals surface area contributed by atoms with Crippen LogP contribution in [0.5, 0.6) is 0 Å². The first-order valence-corrected chi connectivity index (χ1v) is 22.1. The molecule has 0 saturated heterocycles. The monoisotopic (exact) mass is 794 g/mol. The third-order valence-electron chi connectivity index (χ3n) is 14.7. The molecule has 7 aromatic carbocycles. The van der Waals surface area contributed by atoms with Crippen LogP contribution in [0.4, 0.5) is 0 Å². The molecule has 6 aliphatic rings. The maximum absolute atomic E-state index is 11.0. The first-order valence-electron chi connectivity index (χ1n) is 22.1. The molecular weight excluding hydrogens is 753 g/mol. The minimum absolute atomic E-state index is 0.478. The van der Waals surface area contributed by atoms with Gasteiger partial charge in [-0.15, -0.1) is 0 Å². The Bertz CT molecular complexity index is 2950. The topological polar surface area (TPSA) is 95.2 Å². The van der Waals surface area contributed by atoms with Crippen LogP contribution in [0, 0.1) is 45.3 Å². The molecule has 4 bridgehead atoms. The van der Waals surface area contributed by atoms with E-state index in [9.17, 15) is 21.0 Å². The summed E-state index contributed by atoms with van der Waals surface area (Å²) < 4.78 is 0. The minimum atomic E-state index is 0.478. The molecule has 0 amide bonds. The lowest BCUT2D eigenvalue weighted by atomic mass is 9.65. The van der Waals surface area contributed by atoms with Crippen LogP contribution in [0.15, 0.2) is 133 Å². The third kappa shape index (κ3) is 5.99. The molecule has 0 aromatic heterocycles. The molecular formula is C58H42N4. The maximum Gasteiger partial charge on any atom is 0.0998 e. The van der Waals surface area contributed by atoms with Crippen LogP contribution < -0.4 is 0 Å². The van der Waals surface area contributed by atoms with Crippen molar-refractivity contribution >= 4 is 0 Å². The van der Waals surface area contributed by atoms with Crippen molar-refractivity contribution in [1.29, 1.82) is 21.0 Å². The number of nitriles is 4. The van der Waals surface area contributed by atoms with Crippen molar-refractivity contribution in [2.75, 3.05) is 0 Å². The number of rotatable bonds is 6. The van der Waals surface area contributed by atoms with E-state index in [0.717, 1.165) is 66.8 Å². The first kappa shape index (κ1) is 37.5. The van der Waals surface area contributed by atoms with Crippen molar-refractivity contribution in [1.82, 2.24) is 0 Å². The van der Waals surface area contributed by atoms with Crippen LogP contribution >= 0.6 is 0 Å². The second kappa shape index (κ2) is 15.2. The normalized spacial score (nSPS) is 19.0. The van der Waals surface area contributed by atoms with E-state index in [1.165, 1.54) is 73.6 Å². The summed E-state index contributed by atoms with van der Waals surface area (Å²) in [6, 6.07) is 55.5. The van der Waals surface area contributed by atoms with Gasteiger partial charge in [0, 0.05) is 11.1 Å². The summed E-state index contributed by atoms with van der Waals surface area (Å²) >= 11 is 0. The van der Waals surface area contributed by atoms with Crippen molar-refractivity contribution in [2.24, 2.45) is 0 Å². The van der Waals surface area contributed by atoms with Gasteiger partial charge in [0.2, 0.25) is 0 Å². The minimum Gasteiger partial charge on any atom is -0.192 e. The zero-order chi connectivity index (χ0) is 41.9. The Morgan fingerprint density at radius 3 is 1.05 bits per heavy atom. The van der Waals surface area contributed by atoms with Gasteiger partial charge in [-0.2, -0.15) is 21.0 Å². The average Bonchev–Trinajstić information content (AvgIpc) is 3.36. The first-order chi connectivity index (χ1) is 30.6. The lowest BCUT2D eigenvalue weighted by Crippen LogP contribution is -2.21. The van der Waals surface area contributed by atoms with Crippen molar-refractivity contribution < 1.29 is 0 Å². The molecule has 4 heteroatoms. The molecule has 0 N–H and O–H groups in total. The molecule has 0 unspecified atom stereocenters. The highest BCUT2D eigenvalue weighted by atomic mass is 14.4. The van der Waals surface area contributed by atoms with Crippen LogP contribution in [0.25, 0.3) is 66.8 Å². The number of fused-ring (bicyclic) bond motifs is 4. The predicted molar refractivity (Wildman–Crippen MR) is 246 cm³/mol. The number of hydrogen-bond acceptors (Lipinski definition) is 4. The largest absolute Gasteiger partial charge is 0.192 e. The SMILES string of the molecule is N#Cc1cccc(-c2c(-c3cccc(C#N)c3)c(-c3ccc4c(c3)C3CCC4CC3)c(-c3ccccc3C#N)c(-c3ccccc3C#N)c2-c2ccc3c(c2)C2CCC3CC2)c1. The highest BCUT2D eigenvalue weighted by molar-refractivity contribution is 6.16. The molecule has 2 fully saturated rings. The number of hydrogen-bond donors (Lipinski definition) is 0. The average molecular weight is 795 g/mol. The smallest absolute Gasteiger partial charge is 0.0998 e. The molecule has 62 heavy (non-hydrogen) atoms. The molecule has 0 atom stereocenters. The Kier molecular flexibility index (Phi) is 9.19. The van der Waals surface area contributed by atoms with Gasteiger partial charge >= 0.3 is 0 Å². The molecule has 294 valence electrons. The Morgan fingerprint density at radius 1 is 0.306 bits per heavy atom. The second-order valence-corrected chi connectivity index (χ2v) is 17.7. The fraction of sp³-hybridized carbons (Fsp3) is 0.207. The summed E-state index contributed by atoms with van der Waals surface area (Å²) in [5.41, 5.74) is 18.7. The molecule has 7 aromatic rings. The predicted octanol–water partition coefficient (Wildman–Crippen LogP) is 14.7. The van der Waals surface area contributed by atoms with E-state index in [4.69, 9.17) is 0 Å². The quantitative estimate of drug-likeness (QED) is 0.167. The van der Waals surface area contributed by atoms with Crippen LogP contribution in [-0.4, -0.2) is 0 Å². The lowest BCUT2D eigenvalue weighted by molar-refractivity contribution is 0.359. The summed E-state index contributed by atoms with van der Waals surface area (Å²) in [6.07, 6.45) is 9.57. The van der Waals surface area contributed by atoms with E-state index in [1.54, 1.807) is 0 Å². The lowest BCUT2D eigenvalue weighted by Gasteiger charge is -2.39. The fourth-order valence-corrected chi connectivity index (χ4v) is 11.9. The Morgan fingerprint density at radius 2 is 0.661 bits per heavy atom. The summed E-state index contributed by atoms with van der Waals surface area (Å²) in [4.78, 5) is 0. The molecule has 13 rings (SSSR count). The van der Waals surface area contributed by atoms with Crippen LogP contribution in [0.3, 0.4) is 0 Å². The highest BCUT2D eigenvalue weighted by Gasteiger charge is 2.37. The van der Waals surface area contributed by atoms with E-state index in [0.29, 0.717) is 45.9 Å². The van der Waals surface area contributed by atoms with Crippen LogP contribution in [0.2, 0.25) is 0 Å². The maximum atomic E-state index is 11.0. The Balaban J connectivity index is 1.42. The fourth-order valence-electron chi connectivity index (χ4n) is 11.9. The number of nitrogens with zero attached hydrogens (tertiary/aromatic N) is 4. The van der Waals surface area contributed by atoms with Crippen molar-refractivity contribution in [3.63, 3.8) is 0 Å². The van der Waals surface area contributed by atoms with Gasteiger partial charge in [0.15, 0.2) is 0 Å². The second-order valence-electron chi connectivity index (χ2n) is 17.7. The van der Waals surface area contributed by atoms with Gasteiger partial charge in [-0.1, -0.05) is 97.1 Å². The van der Waals surface area contributed by atoms with Crippen molar-refractivity contribution in [3.05, 3.63) is 178 Å². The van der Waals surface area contributed by atoms with E-state index < -0.39 is 0 Å². The van der Waals surface area contributed by atoms with E-state index >= 15 is 0 Å². The summed E-state index contributed by atoms with van der Waals surface area (Å²) in [5.74, 6) is 2.06. The number of benzene rings is 7. The van der Waals surface area contributed by atoms with E-state index in [1.807, 2.05) is 72.8 Å². The molecule has 0 radical (unpaired) electrons. The van der Waals surface area contributed by atoms with E-state index in [2.05, 4.69) is 84.9 Å². The van der Waals surface area contributed by atoms with Gasteiger partial charge in [0.05, 0.1) is 46.5 Å². The molecule has 0 spiro atoms. The summed E-state index contributed by atoms with van der Waals surface area (Å²) in [5, 5.41) is 42.9. The molecule has 4 nitrogen and oxygen atoms in total. The summed E-state index contributed by atoms with van der Waals surface area (Å²) in [7, 11) is 0. The zero-order valence-corrected chi connectivity index (χ0v) is 34.5. The van der Waals surface area contributed by atoms with Gasteiger partial charge in [-0.25, -0.2) is 0 Å². The van der Waals surface area contributed by atoms with Crippen LogP contribution in [-0.2, 0) is 0 Å². The standard InChI is InChI=1S/C58H42N4/c59-31-35-7-5-11-41(27-35)53-54(42-12-6-8-36(28-42)32-60)56(44-24-26-48-38-17-21-40(22-18-38)52(48)30-44)58(50-14-4-2-10-46(50)34-62)57(49-13-3-1-9-45(49)33-61)55(53)43-23-25-47-37-15-19-39(20-16-37)51(47)29-43/h1-14,23-30,37-40H,15-22H2. The van der Waals surface area contributed by atoms with Gasteiger partial charge in [-0.05, 0) is 189 Å². The van der Waals surface area contributed by atoms with Crippen LogP contribution in [0.1, 0.15) is 120 Å². The molecule has 2 saturated carbocycles. The third-order valence-corrected chi connectivity index (χ3v) is 14.7. The van der Waals surface area contributed by atoms with Gasteiger partial charge in [0.1, 0.15) is 0 Å². The van der Waals surface area contributed by atoms with Gasteiger partial charge < -0.3 is 0 Å². The zero-order valence-electron chi connectivity index (χ0n) is 34.5. The molecule has 0 heterocycles. The Hall–Kier alpha value is -7.50. The summed E-state index contributed by atoms with van der Waals surface area (Å²) in [6.45, 7) is 0. The van der Waals surface area contributed by atoms with Gasteiger partial charge in [-0.3, -0.25) is 0 Å². The van der Waals surface area contributed by atoms with Crippen molar-refractivity contribution in [2.45, 2.75) is 75.0 Å². The van der Waals surface area contributed by atoms with Crippen molar-refractivity contribution in [3.8, 4) is 91.0 Å².